The SMILES string of the molecule is CC(=O)N1CC2CC(c3ccc(CCCOc4cc(F)ccc4Br)cc3)=C(C(=O)N(CCc3ccccc3Cl)C3CC3)C(C1)N2. The molecular formula is C36H38BrClFN3O3. The van der Waals surface area contributed by atoms with Crippen LogP contribution in [0.4, 0.5) is 4.39 Å². The Labute approximate surface area is 277 Å². The van der Waals surface area contributed by atoms with Crippen molar-refractivity contribution in [2.75, 3.05) is 26.2 Å². The molecule has 2 heterocycles. The van der Waals surface area contributed by atoms with Crippen LogP contribution in [0.25, 0.3) is 5.57 Å². The van der Waals surface area contributed by atoms with Crippen molar-refractivity contribution in [2.45, 2.75) is 63.6 Å². The number of amides is 2. The van der Waals surface area contributed by atoms with E-state index in [0.717, 1.165) is 57.5 Å². The topological polar surface area (TPSA) is 61.9 Å². The zero-order chi connectivity index (χ0) is 31.5. The molecule has 0 aromatic heterocycles. The van der Waals surface area contributed by atoms with Crippen LogP contribution in [0.3, 0.4) is 0 Å². The highest BCUT2D eigenvalue weighted by Gasteiger charge is 2.42. The van der Waals surface area contributed by atoms with E-state index in [0.29, 0.717) is 44.8 Å². The van der Waals surface area contributed by atoms with Gasteiger partial charge in [-0.05, 0) is 94.9 Å². The molecule has 2 fully saturated rings. The first-order valence-electron chi connectivity index (χ1n) is 15.7. The smallest absolute Gasteiger partial charge is 0.252 e. The molecule has 236 valence electrons. The van der Waals surface area contributed by atoms with Crippen molar-refractivity contribution < 1.29 is 18.7 Å². The molecule has 3 aliphatic rings. The number of carbonyl (C=O) groups is 2. The fourth-order valence-electron chi connectivity index (χ4n) is 6.48. The molecule has 1 saturated heterocycles. The monoisotopic (exact) mass is 693 g/mol. The van der Waals surface area contributed by atoms with Gasteiger partial charge in [-0.25, -0.2) is 4.39 Å². The molecule has 2 amide bonds. The predicted octanol–water partition coefficient (Wildman–Crippen LogP) is 6.83. The van der Waals surface area contributed by atoms with Crippen LogP contribution in [0.15, 0.2) is 76.8 Å². The van der Waals surface area contributed by atoms with Crippen LogP contribution in [0.1, 0.15) is 49.3 Å². The van der Waals surface area contributed by atoms with Crippen LogP contribution in [0.5, 0.6) is 5.75 Å². The molecule has 1 N–H and O–H groups in total. The van der Waals surface area contributed by atoms with E-state index in [1.54, 1.807) is 13.0 Å². The first-order valence-corrected chi connectivity index (χ1v) is 16.9. The van der Waals surface area contributed by atoms with Crippen molar-refractivity contribution in [3.8, 4) is 5.75 Å². The van der Waals surface area contributed by atoms with Gasteiger partial charge < -0.3 is 19.9 Å². The molecular weight excluding hydrogens is 657 g/mol. The number of fused-ring (bicyclic) bond motifs is 2. The van der Waals surface area contributed by atoms with Crippen molar-refractivity contribution in [1.82, 2.24) is 15.1 Å². The van der Waals surface area contributed by atoms with Gasteiger partial charge in [0.2, 0.25) is 5.91 Å². The molecule has 2 atom stereocenters. The number of halogens is 3. The van der Waals surface area contributed by atoms with Crippen molar-refractivity contribution in [3.05, 3.63) is 104 Å². The zero-order valence-corrected chi connectivity index (χ0v) is 27.7. The van der Waals surface area contributed by atoms with Crippen LogP contribution < -0.4 is 10.1 Å². The van der Waals surface area contributed by atoms with Crippen LogP contribution in [0.2, 0.25) is 5.02 Å². The van der Waals surface area contributed by atoms with Gasteiger partial charge >= 0.3 is 0 Å². The number of nitrogens with one attached hydrogen (secondary N) is 1. The average Bonchev–Trinajstić information content (AvgIpc) is 3.87. The van der Waals surface area contributed by atoms with Gasteiger partial charge in [-0.3, -0.25) is 9.59 Å². The number of piperazine rings is 1. The Morgan fingerprint density at radius 2 is 1.84 bits per heavy atom. The van der Waals surface area contributed by atoms with E-state index in [1.807, 2.05) is 34.1 Å². The number of rotatable bonds is 11. The lowest BCUT2D eigenvalue weighted by atomic mass is 9.82. The summed E-state index contributed by atoms with van der Waals surface area (Å²) in [5.41, 5.74) is 5.12. The zero-order valence-electron chi connectivity index (χ0n) is 25.4. The third-order valence-electron chi connectivity index (χ3n) is 8.97. The third-order valence-corrected chi connectivity index (χ3v) is 10.00. The second-order valence-corrected chi connectivity index (χ2v) is 13.5. The largest absolute Gasteiger partial charge is 0.492 e. The highest BCUT2D eigenvalue weighted by atomic mass is 79.9. The molecule has 0 radical (unpaired) electrons. The fourth-order valence-corrected chi connectivity index (χ4v) is 7.07. The number of hydrogen-bond donors (Lipinski definition) is 1. The molecule has 9 heteroatoms. The molecule has 3 aromatic carbocycles. The van der Waals surface area contributed by atoms with Gasteiger partial charge in [-0.1, -0.05) is 54.1 Å². The van der Waals surface area contributed by atoms with Gasteiger partial charge in [0.25, 0.3) is 5.91 Å². The van der Waals surface area contributed by atoms with Crippen molar-refractivity contribution in [1.29, 1.82) is 0 Å². The second kappa shape index (κ2) is 14.1. The summed E-state index contributed by atoms with van der Waals surface area (Å²) in [6.07, 6.45) is 4.98. The van der Waals surface area contributed by atoms with E-state index < -0.39 is 0 Å². The summed E-state index contributed by atoms with van der Waals surface area (Å²) in [5.74, 6) is 0.275. The maximum absolute atomic E-state index is 14.5. The van der Waals surface area contributed by atoms with Gasteiger partial charge in [-0.2, -0.15) is 0 Å². The van der Waals surface area contributed by atoms with Crippen molar-refractivity contribution in [3.63, 3.8) is 0 Å². The van der Waals surface area contributed by atoms with Crippen LogP contribution in [0, 0.1) is 5.82 Å². The van der Waals surface area contributed by atoms with Gasteiger partial charge in [-0.15, -0.1) is 0 Å². The Morgan fingerprint density at radius 1 is 1.07 bits per heavy atom. The van der Waals surface area contributed by atoms with E-state index >= 15 is 0 Å². The molecule has 2 aliphatic heterocycles. The minimum atomic E-state index is -0.326. The van der Waals surface area contributed by atoms with E-state index in [4.69, 9.17) is 16.3 Å². The van der Waals surface area contributed by atoms with E-state index in [9.17, 15) is 14.0 Å². The average molecular weight is 695 g/mol. The van der Waals surface area contributed by atoms with Crippen LogP contribution >= 0.6 is 27.5 Å². The summed E-state index contributed by atoms with van der Waals surface area (Å²) in [6, 6.07) is 20.8. The molecule has 2 bridgehead atoms. The number of hydrogen-bond acceptors (Lipinski definition) is 4. The second-order valence-electron chi connectivity index (χ2n) is 12.2. The van der Waals surface area contributed by atoms with Crippen LogP contribution in [-0.2, 0) is 22.4 Å². The Hall–Kier alpha value is -3.20. The van der Waals surface area contributed by atoms with Crippen LogP contribution in [-0.4, -0.2) is 66.0 Å². The van der Waals surface area contributed by atoms with Crippen molar-refractivity contribution in [2.24, 2.45) is 0 Å². The molecule has 1 saturated carbocycles. The summed E-state index contributed by atoms with van der Waals surface area (Å²) >= 11 is 9.87. The normalized spacial score (nSPS) is 19.4. The van der Waals surface area contributed by atoms with Gasteiger partial charge in [0, 0.05) is 55.3 Å². The summed E-state index contributed by atoms with van der Waals surface area (Å²) in [4.78, 5) is 30.8. The number of benzene rings is 3. The van der Waals surface area contributed by atoms with E-state index in [1.165, 1.54) is 17.7 Å². The summed E-state index contributed by atoms with van der Waals surface area (Å²) in [6.45, 7) is 3.80. The highest BCUT2D eigenvalue weighted by Crippen LogP contribution is 2.37. The first-order chi connectivity index (χ1) is 21.8. The first kappa shape index (κ1) is 31.8. The number of nitrogens with zero attached hydrogens (tertiary/aromatic N) is 2. The Morgan fingerprint density at radius 3 is 2.58 bits per heavy atom. The van der Waals surface area contributed by atoms with Gasteiger partial charge in [0.15, 0.2) is 0 Å². The quantitative estimate of drug-likeness (QED) is 0.224. The molecule has 2 unspecified atom stereocenters. The van der Waals surface area contributed by atoms with Gasteiger partial charge in [0.1, 0.15) is 11.6 Å². The third kappa shape index (κ3) is 7.62. The van der Waals surface area contributed by atoms with E-state index in [-0.39, 0.29) is 35.8 Å². The lowest BCUT2D eigenvalue weighted by molar-refractivity contribution is -0.132. The molecule has 6 nitrogen and oxygen atoms in total. The molecule has 0 spiro atoms. The number of ether oxygens (including phenoxy) is 1. The Bertz CT molecular complexity index is 1590. The molecule has 45 heavy (non-hydrogen) atoms. The molecule has 6 rings (SSSR count). The Kier molecular flexibility index (Phi) is 9.93. The number of aryl methyl sites for hydroxylation is 1. The summed E-state index contributed by atoms with van der Waals surface area (Å²) in [5, 5.41) is 4.39. The predicted molar refractivity (Wildman–Crippen MR) is 179 cm³/mol. The highest BCUT2D eigenvalue weighted by molar-refractivity contribution is 9.10. The molecule has 3 aromatic rings. The lowest BCUT2D eigenvalue weighted by Gasteiger charge is -2.44. The minimum absolute atomic E-state index is 0.0395. The maximum Gasteiger partial charge on any atom is 0.252 e. The van der Waals surface area contributed by atoms with E-state index in [2.05, 4.69) is 45.5 Å². The van der Waals surface area contributed by atoms with Gasteiger partial charge in [0.05, 0.1) is 17.1 Å². The molecule has 1 aliphatic carbocycles. The van der Waals surface area contributed by atoms with Crippen molar-refractivity contribution >= 4 is 44.9 Å². The minimum Gasteiger partial charge on any atom is -0.492 e. The summed E-state index contributed by atoms with van der Waals surface area (Å²) in [7, 11) is 0. The summed E-state index contributed by atoms with van der Waals surface area (Å²) < 4.78 is 20.1. The Balaban J connectivity index is 1.21. The maximum atomic E-state index is 14.5. The standard InChI is InChI=1S/C36H38BrClFN3O3/c1-23(43)41-21-28-20-30(25-10-8-24(9-11-25)5-4-18-45-34-19-27(39)12-15-31(34)37)35(33(22-41)40-28)36(44)42(29-13-14-29)17-16-26-6-2-3-7-32(26)38/h2-3,6-12,15,19,28-29,33,40H,4-5,13-14,16-18,20-22H2,1H3. The lowest BCUT2D eigenvalue weighted by Crippen LogP contribution is -2.62. The number of carbonyl (C=O) groups excluding carboxylic acids is 2. The fraction of sp³-hybridized carbons (Fsp3) is 0.389.